The predicted octanol–water partition coefficient (Wildman–Crippen LogP) is 3.84. The van der Waals surface area contributed by atoms with E-state index in [1.807, 2.05) is 29.2 Å². The summed E-state index contributed by atoms with van der Waals surface area (Å²) in [5.74, 6) is -0.268. The van der Waals surface area contributed by atoms with Crippen LogP contribution in [-0.2, 0) is 4.79 Å². The van der Waals surface area contributed by atoms with Gasteiger partial charge in [-0.2, -0.15) is 0 Å². The van der Waals surface area contributed by atoms with Crippen molar-refractivity contribution in [3.63, 3.8) is 0 Å². The summed E-state index contributed by atoms with van der Waals surface area (Å²) >= 11 is 4.70. The van der Waals surface area contributed by atoms with Crippen molar-refractivity contribution >= 4 is 44.2 Å². The third kappa shape index (κ3) is 3.61. The Balaban J connectivity index is 1.79. The number of amides is 2. The molecule has 1 fully saturated rings. The van der Waals surface area contributed by atoms with Crippen molar-refractivity contribution in [2.24, 2.45) is 0 Å². The van der Waals surface area contributed by atoms with Gasteiger partial charge < -0.3 is 10.2 Å². The number of rotatable bonds is 3. The first-order chi connectivity index (χ1) is 11.0. The number of benzene rings is 1. The summed E-state index contributed by atoms with van der Waals surface area (Å²) in [4.78, 5) is 29.9. The quantitative estimate of drug-likeness (QED) is 0.861. The van der Waals surface area contributed by atoms with Crippen LogP contribution in [0.1, 0.15) is 41.9 Å². The number of thiazole rings is 1. The van der Waals surface area contributed by atoms with E-state index in [4.69, 9.17) is 0 Å². The maximum absolute atomic E-state index is 12.7. The van der Waals surface area contributed by atoms with Crippen LogP contribution in [0.4, 0.5) is 5.13 Å². The van der Waals surface area contributed by atoms with Crippen molar-refractivity contribution in [2.45, 2.75) is 25.8 Å². The minimum absolute atomic E-state index is 0.0803. The molecule has 2 heterocycles. The Morgan fingerprint density at radius 1 is 1.35 bits per heavy atom. The van der Waals surface area contributed by atoms with Crippen LogP contribution in [0.5, 0.6) is 0 Å². The maximum atomic E-state index is 12.7. The number of likely N-dealkylation sites (tertiary alicyclic amines) is 1. The molecule has 0 bridgehead atoms. The van der Waals surface area contributed by atoms with Crippen LogP contribution in [0.25, 0.3) is 0 Å². The van der Waals surface area contributed by atoms with Gasteiger partial charge in [-0.3, -0.25) is 9.59 Å². The third-order valence-corrected chi connectivity index (χ3v) is 5.06. The van der Waals surface area contributed by atoms with E-state index in [-0.39, 0.29) is 17.9 Å². The van der Waals surface area contributed by atoms with Gasteiger partial charge in [-0.15, -0.1) is 11.3 Å². The molecule has 1 aliphatic rings. The number of carbonyl (C=O) groups is 2. The highest BCUT2D eigenvalue weighted by Crippen LogP contribution is 2.34. The Bertz CT molecular complexity index is 729. The average molecular weight is 394 g/mol. The van der Waals surface area contributed by atoms with E-state index in [1.165, 1.54) is 18.3 Å². The monoisotopic (exact) mass is 393 g/mol. The second-order valence-corrected chi connectivity index (χ2v) is 7.20. The molecule has 1 saturated heterocycles. The normalized spacial score (nSPS) is 17.3. The van der Waals surface area contributed by atoms with Crippen molar-refractivity contribution < 1.29 is 9.59 Å². The number of aromatic nitrogens is 1. The minimum Gasteiger partial charge on any atom is -0.330 e. The van der Waals surface area contributed by atoms with Crippen LogP contribution in [0.3, 0.4) is 0 Å². The molecule has 0 unspecified atom stereocenters. The van der Waals surface area contributed by atoms with Crippen molar-refractivity contribution in [2.75, 3.05) is 11.9 Å². The molecule has 7 heteroatoms. The Morgan fingerprint density at radius 2 is 2.09 bits per heavy atom. The summed E-state index contributed by atoms with van der Waals surface area (Å²) < 4.78 is 1.02. The summed E-state index contributed by atoms with van der Waals surface area (Å²) in [6.07, 6.45) is 1.94. The summed E-state index contributed by atoms with van der Waals surface area (Å²) in [5, 5.41) is 4.77. The van der Waals surface area contributed by atoms with Crippen molar-refractivity contribution in [3.8, 4) is 0 Å². The minimum atomic E-state index is -0.188. The van der Waals surface area contributed by atoms with Crippen molar-refractivity contribution in [1.29, 1.82) is 0 Å². The zero-order valence-corrected chi connectivity index (χ0v) is 15.0. The number of halogens is 1. The van der Waals surface area contributed by atoms with E-state index in [2.05, 4.69) is 26.2 Å². The van der Waals surface area contributed by atoms with Crippen molar-refractivity contribution in [3.05, 3.63) is 45.4 Å². The van der Waals surface area contributed by atoms with E-state index >= 15 is 0 Å². The number of nitrogens with one attached hydrogen (secondary N) is 1. The second kappa shape index (κ2) is 6.80. The topological polar surface area (TPSA) is 62.3 Å². The largest absolute Gasteiger partial charge is 0.330 e. The SMILES string of the molecule is CC(=O)Nc1nc(C(=O)N2CCC[C@@H]2c2ccc(Br)cc2)cs1. The Kier molecular flexibility index (Phi) is 4.77. The lowest BCUT2D eigenvalue weighted by atomic mass is 10.0. The molecule has 3 rings (SSSR count). The Labute approximate surface area is 146 Å². The molecule has 23 heavy (non-hydrogen) atoms. The summed E-state index contributed by atoms with van der Waals surface area (Å²) in [5.41, 5.74) is 1.53. The third-order valence-electron chi connectivity index (χ3n) is 3.77. The molecule has 1 aromatic carbocycles. The maximum Gasteiger partial charge on any atom is 0.273 e. The van der Waals surface area contributed by atoms with Gasteiger partial charge in [0.15, 0.2) is 5.13 Å². The number of anilines is 1. The number of hydrogen-bond donors (Lipinski definition) is 1. The van der Waals surface area contributed by atoms with Gasteiger partial charge in [-0.1, -0.05) is 28.1 Å². The van der Waals surface area contributed by atoms with Crippen LogP contribution < -0.4 is 5.32 Å². The number of hydrogen-bond acceptors (Lipinski definition) is 4. The molecule has 0 aliphatic carbocycles. The summed E-state index contributed by atoms with van der Waals surface area (Å²) in [6.45, 7) is 2.15. The number of nitrogens with zero attached hydrogens (tertiary/aromatic N) is 2. The van der Waals surface area contributed by atoms with Crippen LogP contribution in [0.2, 0.25) is 0 Å². The second-order valence-electron chi connectivity index (χ2n) is 5.43. The zero-order valence-electron chi connectivity index (χ0n) is 12.6. The van der Waals surface area contributed by atoms with Gasteiger partial charge in [0.1, 0.15) is 5.69 Å². The van der Waals surface area contributed by atoms with E-state index in [0.717, 1.165) is 29.4 Å². The first-order valence-corrected chi connectivity index (χ1v) is 9.01. The van der Waals surface area contributed by atoms with Crippen LogP contribution in [0, 0.1) is 0 Å². The first kappa shape index (κ1) is 16.1. The molecular weight excluding hydrogens is 378 g/mol. The molecule has 0 spiro atoms. The highest BCUT2D eigenvalue weighted by molar-refractivity contribution is 9.10. The van der Waals surface area contributed by atoms with Crippen LogP contribution in [0.15, 0.2) is 34.1 Å². The summed E-state index contributed by atoms with van der Waals surface area (Å²) in [7, 11) is 0. The molecule has 5 nitrogen and oxygen atoms in total. The Hall–Kier alpha value is -1.73. The van der Waals surface area contributed by atoms with Crippen LogP contribution >= 0.6 is 27.3 Å². The Morgan fingerprint density at radius 3 is 2.78 bits per heavy atom. The van der Waals surface area contributed by atoms with Gasteiger partial charge in [-0.05, 0) is 30.5 Å². The molecule has 120 valence electrons. The summed E-state index contributed by atoms with van der Waals surface area (Å²) in [6, 6.07) is 8.16. The molecular formula is C16H16BrN3O2S. The van der Waals surface area contributed by atoms with E-state index in [9.17, 15) is 9.59 Å². The standard InChI is InChI=1S/C16H16BrN3O2S/c1-10(21)18-16-19-13(9-23-16)15(22)20-8-2-3-14(20)11-4-6-12(17)7-5-11/h4-7,9,14H,2-3,8H2,1H3,(H,18,19,21)/t14-/m1/s1. The van der Waals surface area contributed by atoms with Gasteiger partial charge in [0, 0.05) is 23.3 Å². The first-order valence-electron chi connectivity index (χ1n) is 7.34. The van der Waals surface area contributed by atoms with Crippen molar-refractivity contribution in [1.82, 2.24) is 9.88 Å². The van der Waals surface area contributed by atoms with Gasteiger partial charge in [0.05, 0.1) is 6.04 Å². The molecule has 2 aromatic rings. The molecule has 1 atom stereocenters. The van der Waals surface area contributed by atoms with E-state index in [0.29, 0.717) is 10.8 Å². The number of carbonyl (C=O) groups excluding carboxylic acids is 2. The molecule has 0 saturated carbocycles. The van der Waals surface area contributed by atoms with Gasteiger partial charge in [0.2, 0.25) is 5.91 Å². The molecule has 1 aromatic heterocycles. The smallest absolute Gasteiger partial charge is 0.273 e. The molecule has 0 radical (unpaired) electrons. The predicted molar refractivity (Wildman–Crippen MR) is 93.6 cm³/mol. The fraction of sp³-hybridized carbons (Fsp3) is 0.312. The lowest BCUT2D eigenvalue weighted by Crippen LogP contribution is -2.30. The molecule has 1 N–H and O–H groups in total. The average Bonchev–Trinajstić information content (AvgIpc) is 3.16. The van der Waals surface area contributed by atoms with E-state index in [1.54, 1.807) is 5.38 Å². The molecule has 1 aliphatic heterocycles. The lowest BCUT2D eigenvalue weighted by Gasteiger charge is -2.24. The zero-order chi connectivity index (χ0) is 16.4. The fourth-order valence-corrected chi connectivity index (χ4v) is 3.76. The highest BCUT2D eigenvalue weighted by atomic mass is 79.9. The highest BCUT2D eigenvalue weighted by Gasteiger charge is 2.31. The van der Waals surface area contributed by atoms with Gasteiger partial charge in [0.25, 0.3) is 5.91 Å². The molecule has 2 amide bonds. The fourth-order valence-electron chi connectivity index (χ4n) is 2.77. The van der Waals surface area contributed by atoms with Gasteiger partial charge >= 0.3 is 0 Å². The van der Waals surface area contributed by atoms with Crippen LogP contribution in [-0.4, -0.2) is 28.2 Å². The lowest BCUT2D eigenvalue weighted by molar-refractivity contribution is -0.114. The van der Waals surface area contributed by atoms with E-state index < -0.39 is 0 Å². The van der Waals surface area contributed by atoms with Gasteiger partial charge in [-0.25, -0.2) is 4.98 Å².